The molecule has 1 aliphatic heterocycles. The second kappa shape index (κ2) is 7.87. The van der Waals surface area contributed by atoms with Crippen molar-refractivity contribution >= 4 is 23.4 Å². The molecule has 4 rings (SSSR count). The number of amides is 3. The Morgan fingerprint density at radius 1 is 0.867 bits per heavy atom. The standard InChI is InChI=1S/C23H16F2N2O3/c24-15-10-11-18(25)19(13-15)26-21(28)20(12-14-6-2-1-3-7-14)27-22(29)16-8-4-5-9-17(16)23(27)30/h1-11,13,20H,12H2,(H,26,28). The minimum atomic E-state index is -1.25. The maximum Gasteiger partial charge on any atom is 0.262 e. The smallest absolute Gasteiger partial charge is 0.262 e. The summed E-state index contributed by atoms with van der Waals surface area (Å²) < 4.78 is 27.6. The normalized spacial score (nSPS) is 13.9. The van der Waals surface area contributed by atoms with Gasteiger partial charge in [0.1, 0.15) is 17.7 Å². The van der Waals surface area contributed by atoms with Crippen LogP contribution < -0.4 is 5.32 Å². The first-order valence-electron chi connectivity index (χ1n) is 9.22. The number of rotatable bonds is 5. The quantitative estimate of drug-likeness (QED) is 0.656. The van der Waals surface area contributed by atoms with Crippen LogP contribution in [0.2, 0.25) is 0 Å². The van der Waals surface area contributed by atoms with Gasteiger partial charge in [-0.1, -0.05) is 42.5 Å². The minimum absolute atomic E-state index is 0.0229. The molecule has 5 nitrogen and oxygen atoms in total. The molecule has 150 valence electrons. The molecule has 0 radical (unpaired) electrons. The van der Waals surface area contributed by atoms with E-state index >= 15 is 0 Å². The van der Waals surface area contributed by atoms with Gasteiger partial charge in [-0.25, -0.2) is 8.78 Å². The first-order chi connectivity index (χ1) is 14.5. The molecule has 0 aliphatic carbocycles. The van der Waals surface area contributed by atoms with Gasteiger partial charge in [0, 0.05) is 12.5 Å². The summed E-state index contributed by atoms with van der Waals surface area (Å²) in [7, 11) is 0. The summed E-state index contributed by atoms with van der Waals surface area (Å²) in [6.07, 6.45) is 0.0229. The average molecular weight is 406 g/mol. The number of imide groups is 1. The molecule has 3 aromatic rings. The Bertz CT molecular complexity index is 1110. The van der Waals surface area contributed by atoms with E-state index in [0.29, 0.717) is 5.56 Å². The molecule has 0 saturated carbocycles. The maximum atomic E-state index is 14.0. The van der Waals surface area contributed by atoms with Gasteiger partial charge in [0.05, 0.1) is 16.8 Å². The van der Waals surface area contributed by atoms with Crippen molar-refractivity contribution in [3.8, 4) is 0 Å². The lowest BCUT2D eigenvalue weighted by molar-refractivity contribution is -0.120. The highest BCUT2D eigenvalue weighted by Gasteiger charge is 2.42. The van der Waals surface area contributed by atoms with E-state index in [-0.39, 0.29) is 23.2 Å². The number of halogens is 2. The Kier molecular flexibility index (Phi) is 5.10. The molecule has 3 amide bonds. The van der Waals surface area contributed by atoms with E-state index in [9.17, 15) is 23.2 Å². The Balaban J connectivity index is 1.70. The molecule has 0 bridgehead atoms. The molecule has 30 heavy (non-hydrogen) atoms. The second-order valence-electron chi connectivity index (χ2n) is 6.84. The van der Waals surface area contributed by atoms with Crippen molar-refractivity contribution in [2.24, 2.45) is 0 Å². The molecule has 1 heterocycles. The van der Waals surface area contributed by atoms with Crippen molar-refractivity contribution in [2.45, 2.75) is 12.5 Å². The molecule has 7 heteroatoms. The molecule has 0 fully saturated rings. The van der Waals surface area contributed by atoms with Gasteiger partial charge in [-0.2, -0.15) is 0 Å². The predicted octanol–water partition coefficient (Wildman–Crippen LogP) is 3.81. The van der Waals surface area contributed by atoms with E-state index in [1.165, 1.54) is 12.1 Å². The van der Waals surface area contributed by atoms with Crippen LogP contribution in [0.4, 0.5) is 14.5 Å². The Labute approximate surface area is 170 Å². The average Bonchev–Trinajstić information content (AvgIpc) is 3.00. The Morgan fingerprint density at radius 3 is 2.10 bits per heavy atom. The highest BCUT2D eigenvalue weighted by Crippen LogP contribution is 2.27. The van der Waals surface area contributed by atoms with Crippen LogP contribution >= 0.6 is 0 Å². The van der Waals surface area contributed by atoms with E-state index in [0.717, 1.165) is 23.1 Å². The zero-order valence-corrected chi connectivity index (χ0v) is 15.6. The molecule has 0 spiro atoms. The van der Waals surface area contributed by atoms with Gasteiger partial charge in [0.2, 0.25) is 5.91 Å². The summed E-state index contributed by atoms with van der Waals surface area (Å²) in [5, 5.41) is 2.32. The van der Waals surface area contributed by atoms with Crippen LogP contribution in [0.15, 0.2) is 72.8 Å². The van der Waals surface area contributed by atoms with E-state index in [4.69, 9.17) is 0 Å². The SMILES string of the molecule is O=C(Nc1cc(F)ccc1F)C(Cc1ccccc1)N1C(=O)c2ccccc2C1=O. The zero-order chi connectivity index (χ0) is 21.3. The van der Waals surface area contributed by atoms with E-state index < -0.39 is 35.4 Å². The van der Waals surface area contributed by atoms with Gasteiger partial charge in [-0.05, 0) is 29.8 Å². The fraction of sp³-hybridized carbons (Fsp3) is 0.0870. The summed E-state index contributed by atoms with van der Waals surface area (Å²) in [6.45, 7) is 0. The monoisotopic (exact) mass is 406 g/mol. The third-order valence-electron chi connectivity index (χ3n) is 4.90. The molecular weight excluding hydrogens is 390 g/mol. The molecule has 0 saturated heterocycles. The summed E-state index contributed by atoms with van der Waals surface area (Å²) >= 11 is 0. The summed E-state index contributed by atoms with van der Waals surface area (Å²) in [5.41, 5.74) is 0.735. The number of hydrogen-bond donors (Lipinski definition) is 1. The first-order valence-corrected chi connectivity index (χ1v) is 9.22. The highest BCUT2D eigenvalue weighted by molar-refractivity contribution is 6.23. The summed E-state index contributed by atoms with van der Waals surface area (Å²) in [6, 6.07) is 16.5. The lowest BCUT2D eigenvalue weighted by Crippen LogP contribution is -2.48. The van der Waals surface area contributed by atoms with Crippen LogP contribution in [0, 0.1) is 11.6 Å². The third-order valence-corrected chi connectivity index (χ3v) is 4.90. The molecule has 1 aliphatic rings. The maximum absolute atomic E-state index is 14.0. The van der Waals surface area contributed by atoms with Crippen LogP contribution in [0.3, 0.4) is 0 Å². The number of fused-ring (bicyclic) bond motifs is 1. The Hall–Kier alpha value is -3.87. The van der Waals surface area contributed by atoms with Crippen LogP contribution in [-0.4, -0.2) is 28.7 Å². The number of carbonyl (C=O) groups is 3. The van der Waals surface area contributed by atoms with Gasteiger partial charge < -0.3 is 5.32 Å². The molecule has 1 atom stereocenters. The van der Waals surface area contributed by atoms with Crippen molar-refractivity contribution in [3.05, 3.63) is 101 Å². The molecule has 1 N–H and O–H groups in total. The lowest BCUT2D eigenvalue weighted by atomic mass is 10.0. The number of nitrogens with zero attached hydrogens (tertiary/aromatic N) is 1. The summed E-state index contributed by atoms with van der Waals surface area (Å²) in [5.74, 6) is -3.56. The molecule has 1 unspecified atom stereocenters. The van der Waals surface area contributed by atoms with Gasteiger partial charge in [0.15, 0.2) is 0 Å². The number of anilines is 1. The van der Waals surface area contributed by atoms with Gasteiger partial charge in [-0.15, -0.1) is 0 Å². The number of nitrogens with one attached hydrogen (secondary N) is 1. The number of benzene rings is 3. The van der Waals surface area contributed by atoms with E-state index in [2.05, 4.69) is 5.32 Å². The predicted molar refractivity (Wildman–Crippen MR) is 106 cm³/mol. The highest BCUT2D eigenvalue weighted by atomic mass is 19.1. The first kappa shape index (κ1) is 19.4. The largest absolute Gasteiger partial charge is 0.322 e. The summed E-state index contributed by atoms with van der Waals surface area (Å²) in [4.78, 5) is 39.8. The fourth-order valence-electron chi connectivity index (χ4n) is 3.44. The van der Waals surface area contributed by atoms with Gasteiger partial charge in [0.25, 0.3) is 11.8 Å². The van der Waals surface area contributed by atoms with Crippen molar-refractivity contribution in [1.29, 1.82) is 0 Å². The van der Waals surface area contributed by atoms with E-state index in [1.54, 1.807) is 42.5 Å². The van der Waals surface area contributed by atoms with Crippen LogP contribution in [0.1, 0.15) is 26.3 Å². The van der Waals surface area contributed by atoms with Gasteiger partial charge >= 0.3 is 0 Å². The number of hydrogen-bond acceptors (Lipinski definition) is 3. The number of carbonyl (C=O) groups excluding carboxylic acids is 3. The van der Waals surface area contributed by atoms with Crippen molar-refractivity contribution < 1.29 is 23.2 Å². The second-order valence-corrected chi connectivity index (χ2v) is 6.84. The van der Waals surface area contributed by atoms with Crippen molar-refractivity contribution in [2.75, 3.05) is 5.32 Å². The minimum Gasteiger partial charge on any atom is -0.322 e. The molecule has 3 aromatic carbocycles. The zero-order valence-electron chi connectivity index (χ0n) is 15.6. The van der Waals surface area contributed by atoms with Crippen molar-refractivity contribution in [1.82, 2.24) is 4.90 Å². The van der Waals surface area contributed by atoms with E-state index in [1.807, 2.05) is 0 Å². The Morgan fingerprint density at radius 2 is 1.47 bits per heavy atom. The van der Waals surface area contributed by atoms with Crippen LogP contribution in [0.25, 0.3) is 0 Å². The van der Waals surface area contributed by atoms with Crippen molar-refractivity contribution in [3.63, 3.8) is 0 Å². The van der Waals surface area contributed by atoms with Crippen LogP contribution in [0.5, 0.6) is 0 Å². The van der Waals surface area contributed by atoms with Gasteiger partial charge in [-0.3, -0.25) is 19.3 Å². The topological polar surface area (TPSA) is 66.5 Å². The van der Waals surface area contributed by atoms with Crippen LogP contribution in [-0.2, 0) is 11.2 Å². The molecular formula is C23H16F2N2O3. The fourth-order valence-corrected chi connectivity index (χ4v) is 3.44. The third kappa shape index (κ3) is 3.57. The molecule has 0 aromatic heterocycles. The lowest BCUT2D eigenvalue weighted by Gasteiger charge is -2.25.